The highest BCUT2D eigenvalue weighted by molar-refractivity contribution is 6.07. The lowest BCUT2D eigenvalue weighted by molar-refractivity contribution is 0.0645. The van der Waals surface area contributed by atoms with Gasteiger partial charge in [0.15, 0.2) is 0 Å². The first-order valence-electron chi connectivity index (χ1n) is 8.84. The minimum atomic E-state index is 0.172. The highest BCUT2D eigenvalue weighted by Crippen LogP contribution is 2.23. The van der Waals surface area contributed by atoms with Crippen molar-refractivity contribution in [3.05, 3.63) is 36.0 Å². The van der Waals surface area contributed by atoms with Crippen LogP contribution < -0.4 is 0 Å². The SMILES string of the molecule is CCN1CCN(C(=O)c2cn(CCN(C)C)c3ccccc23)CC1. The standard InChI is InChI=1S/C19H28N4O/c1-4-21-10-13-22(14-11-21)19(24)17-15-23(12-9-20(2)3)18-8-6-5-7-16(17)18/h5-8,15H,4,9-14H2,1-3H3. The number of carbonyl (C=O) groups is 1. The predicted octanol–water partition coefficient (Wildman–Crippen LogP) is 1.98. The number of hydrogen-bond donors (Lipinski definition) is 0. The van der Waals surface area contributed by atoms with E-state index in [0.717, 1.165) is 62.3 Å². The van der Waals surface area contributed by atoms with Crippen LogP contribution in [0.5, 0.6) is 0 Å². The van der Waals surface area contributed by atoms with E-state index in [1.165, 1.54) is 0 Å². The molecule has 1 aromatic carbocycles. The summed E-state index contributed by atoms with van der Waals surface area (Å²) >= 11 is 0. The van der Waals surface area contributed by atoms with E-state index >= 15 is 0 Å². The number of amides is 1. The van der Waals surface area contributed by atoms with Gasteiger partial charge >= 0.3 is 0 Å². The lowest BCUT2D eigenvalue weighted by atomic mass is 10.1. The zero-order chi connectivity index (χ0) is 17.1. The maximum atomic E-state index is 13.0. The molecule has 1 aromatic heterocycles. The van der Waals surface area contributed by atoms with Gasteiger partial charge in [0.2, 0.25) is 0 Å². The van der Waals surface area contributed by atoms with E-state index in [1.807, 2.05) is 23.2 Å². The van der Waals surface area contributed by atoms with Crippen LogP contribution in [0, 0.1) is 0 Å². The third-order valence-electron chi connectivity index (χ3n) is 4.91. The average Bonchev–Trinajstić information content (AvgIpc) is 2.98. The molecule has 5 nitrogen and oxygen atoms in total. The summed E-state index contributed by atoms with van der Waals surface area (Å²) in [4.78, 5) is 19.6. The van der Waals surface area contributed by atoms with Crippen LogP contribution in [-0.4, -0.2) is 78.5 Å². The summed E-state index contributed by atoms with van der Waals surface area (Å²) in [7, 11) is 4.15. The summed E-state index contributed by atoms with van der Waals surface area (Å²) in [6.45, 7) is 8.68. The Labute approximate surface area is 144 Å². The number of carbonyl (C=O) groups excluding carboxylic acids is 1. The van der Waals surface area contributed by atoms with Crippen LogP contribution in [0.2, 0.25) is 0 Å². The van der Waals surface area contributed by atoms with E-state index in [1.54, 1.807) is 0 Å². The van der Waals surface area contributed by atoms with Crippen molar-refractivity contribution < 1.29 is 4.79 Å². The number of piperazine rings is 1. The first-order valence-corrected chi connectivity index (χ1v) is 8.84. The first kappa shape index (κ1) is 17.0. The fourth-order valence-electron chi connectivity index (χ4n) is 3.35. The third-order valence-corrected chi connectivity index (χ3v) is 4.91. The number of aromatic nitrogens is 1. The predicted molar refractivity (Wildman–Crippen MR) is 98.5 cm³/mol. The van der Waals surface area contributed by atoms with Gasteiger partial charge in [-0.1, -0.05) is 25.1 Å². The molecule has 2 aromatic rings. The molecule has 3 rings (SSSR count). The number of nitrogens with zero attached hydrogens (tertiary/aromatic N) is 4. The normalized spacial score (nSPS) is 16.2. The second-order valence-corrected chi connectivity index (χ2v) is 6.78. The van der Waals surface area contributed by atoms with Crippen molar-refractivity contribution in [3.63, 3.8) is 0 Å². The zero-order valence-electron chi connectivity index (χ0n) is 15.0. The largest absolute Gasteiger partial charge is 0.345 e. The highest BCUT2D eigenvalue weighted by Gasteiger charge is 2.24. The quantitative estimate of drug-likeness (QED) is 0.841. The van der Waals surface area contributed by atoms with Gasteiger partial charge in [-0.15, -0.1) is 0 Å². The van der Waals surface area contributed by atoms with Crippen LogP contribution in [0.25, 0.3) is 10.9 Å². The van der Waals surface area contributed by atoms with Gasteiger partial charge in [0.1, 0.15) is 0 Å². The number of benzene rings is 1. The molecule has 130 valence electrons. The molecule has 0 bridgehead atoms. The van der Waals surface area contributed by atoms with E-state index in [0.29, 0.717) is 0 Å². The van der Waals surface area contributed by atoms with Crippen LogP contribution in [0.4, 0.5) is 0 Å². The molecule has 1 saturated heterocycles. The van der Waals surface area contributed by atoms with Crippen LogP contribution in [0.15, 0.2) is 30.5 Å². The minimum absolute atomic E-state index is 0.172. The first-order chi connectivity index (χ1) is 11.6. The minimum Gasteiger partial charge on any atom is -0.345 e. The summed E-state index contributed by atoms with van der Waals surface area (Å²) < 4.78 is 2.21. The summed E-state index contributed by atoms with van der Waals surface area (Å²) in [5.74, 6) is 0.172. The Morgan fingerprint density at radius 2 is 1.83 bits per heavy atom. The molecule has 0 radical (unpaired) electrons. The fourth-order valence-corrected chi connectivity index (χ4v) is 3.35. The molecule has 1 fully saturated rings. The molecule has 5 heteroatoms. The summed E-state index contributed by atoms with van der Waals surface area (Å²) in [6.07, 6.45) is 2.04. The van der Waals surface area contributed by atoms with E-state index < -0.39 is 0 Å². The molecule has 2 heterocycles. The van der Waals surface area contributed by atoms with E-state index in [-0.39, 0.29) is 5.91 Å². The molecule has 0 aliphatic carbocycles. The lowest BCUT2D eigenvalue weighted by Crippen LogP contribution is -2.48. The lowest BCUT2D eigenvalue weighted by Gasteiger charge is -2.34. The molecule has 24 heavy (non-hydrogen) atoms. The molecule has 1 aliphatic rings. The van der Waals surface area contributed by atoms with Gasteiger partial charge < -0.3 is 19.3 Å². The molecular weight excluding hydrogens is 300 g/mol. The van der Waals surface area contributed by atoms with Crippen molar-refractivity contribution >= 4 is 16.8 Å². The fraction of sp³-hybridized carbons (Fsp3) is 0.526. The maximum absolute atomic E-state index is 13.0. The molecular formula is C19H28N4O. The summed E-state index contributed by atoms with van der Waals surface area (Å²) in [6, 6.07) is 8.24. The molecule has 1 aliphatic heterocycles. The number of hydrogen-bond acceptors (Lipinski definition) is 3. The van der Waals surface area contributed by atoms with E-state index in [2.05, 4.69) is 47.5 Å². The van der Waals surface area contributed by atoms with Gasteiger partial charge in [0, 0.05) is 56.4 Å². The average molecular weight is 328 g/mol. The maximum Gasteiger partial charge on any atom is 0.256 e. The van der Waals surface area contributed by atoms with Gasteiger partial charge in [-0.2, -0.15) is 0 Å². The van der Waals surface area contributed by atoms with Crippen molar-refractivity contribution in [2.75, 3.05) is 53.4 Å². The summed E-state index contributed by atoms with van der Waals surface area (Å²) in [5, 5.41) is 1.07. The molecule has 0 unspecified atom stereocenters. The van der Waals surface area contributed by atoms with Gasteiger partial charge in [-0.3, -0.25) is 4.79 Å². The number of rotatable bonds is 5. The highest BCUT2D eigenvalue weighted by atomic mass is 16.2. The monoisotopic (exact) mass is 328 g/mol. The van der Waals surface area contributed by atoms with Gasteiger partial charge in [-0.25, -0.2) is 0 Å². The number of fused-ring (bicyclic) bond motifs is 1. The zero-order valence-corrected chi connectivity index (χ0v) is 15.0. The summed E-state index contributed by atoms with van der Waals surface area (Å²) in [5.41, 5.74) is 1.99. The molecule has 0 spiro atoms. The Kier molecular flexibility index (Phi) is 5.21. The Morgan fingerprint density at radius 1 is 1.12 bits per heavy atom. The van der Waals surface area contributed by atoms with Crippen molar-refractivity contribution in [2.45, 2.75) is 13.5 Å². The van der Waals surface area contributed by atoms with E-state index in [9.17, 15) is 4.79 Å². The smallest absolute Gasteiger partial charge is 0.256 e. The Morgan fingerprint density at radius 3 is 2.50 bits per heavy atom. The van der Waals surface area contributed by atoms with Crippen molar-refractivity contribution in [1.82, 2.24) is 19.3 Å². The molecule has 1 amide bonds. The van der Waals surface area contributed by atoms with E-state index in [4.69, 9.17) is 0 Å². The van der Waals surface area contributed by atoms with Gasteiger partial charge in [-0.05, 0) is 26.7 Å². The van der Waals surface area contributed by atoms with Crippen LogP contribution in [-0.2, 0) is 6.54 Å². The molecule has 0 atom stereocenters. The third kappa shape index (κ3) is 3.47. The Hall–Kier alpha value is -1.85. The topological polar surface area (TPSA) is 31.7 Å². The van der Waals surface area contributed by atoms with Crippen LogP contribution in [0.3, 0.4) is 0 Å². The molecule has 0 N–H and O–H groups in total. The van der Waals surface area contributed by atoms with Crippen LogP contribution >= 0.6 is 0 Å². The molecule has 0 saturated carbocycles. The second-order valence-electron chi connectivity index (χ2n) is 6.78. The van der Waals surface area contributed by atoms with Crippen molar-refractivity contribution in [1.29, 1.82) is 0 Å². The number of likely N-dealkylation sites (N-methyl/N-ethyl adjacent to an activating group) is 2. The second kappa shape index (κ2) is 7.36. The van der Waals surface area contributed by atoms with Gasteiger partial charge in [0.25, 0.3) is 5.91 Å². The number of para-hydroxylation sites is 1. The van der Waals surface area contributed by atoms with Gasteiger partial charge in [0.05, 0.1) is 5.56 Å². The Balaban J connectivity index is 1.85. The van der Waals surface area contributed by atoms with Crippen LogP contribution in [0.1, 0.15) is 17.3 Å². The van der Waals surface area contributed by atoms with Crippen molar-refractivity contribution in [3.8, 4) is 0 Å². The van der Waals surface area contributed by atoms with Crippen molar-refractivity contribution in [2.24, 2.45) is 0 Å². The Bertz CT molecular complexity index is 698.